The minimum absolute atomic E-state index is 0.144. The Hall–Kier alpha value is -2.70. The van der Waals surface area contributed by atoms with E-state index in [4.69, 9.17) is 16.3 Å². The molecule has 3 rings (SSSR count). The standard InChI is InChI=1S/C21H19ClFNO4/c1-28-12-4-11-24-18(15-5-2-3-6-16(15)23)17(20(26)21(24)27)19(25)13-7-9-14(22)10-8-13/h2-3,5-10,18,25H,4,11-12H2,1H3. The van der Waals surface area contributed by atoms with Gasteiger partial charge in [0.15, 0.2) is 0 Å². The van der Waals surface area contributed by atoms with Crippen LogP contribution in [0.5, 0.6) is 0 Å². The summed E-state index contributed by atoms with van der Waals surface area (Å²) in [6.07, 6.45) is 0.468. The van der Waals surface area contributed by atoms with E-state index < -0.39 is 23.5 Å². The lowest BCUT2D eigenvalue weighted by Gasteiger charge is -2.25. The van der Waals surface area contributed by atoms with Gasteiger partial charge in [-0.15, -0.1) is 0 Å². The lowest BCUT2D eigenvalue weighted by Crippen LogP contribution is -2.31. The Morgan fingerprint density at radius 1 is 1.18 bits per heavy atom. The number of halogens is 2. The molecule has 146 valence electrons. The summed E-state index contributed by atoms with van der Waals surface area (Å²) in [7, 11) is 1.53. The average Bonchev–Trinajstić information content (AvgIpc) is 2.93. The highest BCUT2D eigenvalue weighted by molar-refractivity contribution is 6.46. The number of rotatable bonds is 6. The largest absolute Gasteiger partial charge is 0.507 e. The van der Waals surface area contributed by atoms with Gasteiger partial charge in [-0.05, 0) is 36.8 Å². The summed E-state index contributed by atoms with van der Waals surface area (Å²) in [5.74, 6) is -2.55. The highest BCUT2D eigenvalue weighted by Gasteiger charge is 2.46. The number of carbonyl (C=O) groups is 2. The number of nitrogens with zero attached hydrogens (tertiary/aromatic N) is 1. The third-order valence-corrected chi connectivity index (χ3v) is 4.86. The van der Waals surface area contributed by atoms with Crippen molar-refractivity contribution in [3.63, 3.8) is 0 Å². The van der Waals surface area contributed by atoms with Crippen LogP contribution in [-0.2, 0) is 14.3 Å². The predicted molar refractivity (Wildman–Crippen MR) is 103 cm³/mol. The van der Waals surface area contributed by atoms with Crippen LogP contribution in [0.1, 0.15) is 23.6 Å². The minimum Gasteiger partial charge on any atom is -0.507 e. The number of benzene rings is 2. The van der Waals surface area contributed by atoms with Crippen molar-refractivity contribution < 1.29 is 23.8 Å². The second-order valence-corrected chi connectivity index (χ2v) is 6.80. The second-order valence-electron chi connectivity index (χ2n) is 6.37. The summed E-state index contributed by atoms with van der Waals surface area (Å²) < 4.78 is 19.6. The molecule has 5 nitrogen and oxygen atoms in total. The molecule has 1 amide bonds. The quantitative estimate of drug-likeness (QED) is 0.343. The van der Waals surface area contributed by atoms with Gasteiger partial charge in [0.05, 0.1) is 11.6 Å². The van der Waals surface area contributed by atoms with Gasteiger partial charge in [0.2, 0.25) is 0 Å². The van der Waals surface area contributed by atoms with E-state index in [-0.39, 0.29) is 23.4 Å². The SMILES string of the molecule is COCCCN1C(=O)C(=O)C(=C(O)c2ccc(Cl)cc2)C1c1ccccc1F. The molecule has 1 N–H and O–H groups in total. The van der Waals surface area contributed by atoms with Crippen LogP contribution in [0.2, 0.25) is 5.02 Å². The zero-order valence-corrected chi connectivity index (χ0v) is 15.9. The molecule has 1 fully saturated rings. The summed E-state index contributed by atoms with van der Waals surface area (Å²) in [4.78, 5) is 26.7. The third kappa shape index (κ3) is 3.79. The average molecular weight is 404 g/mol. The normalized spacial score (nSPS) is 18.7. The van der Waals surface area contributed by atoms with Crippen LogP contribution in [0.15, 0.2) is 54.1 Å². The van der Waals surface area contributed by atoms with Gasteiger partial charge in [-0.25, -0.2) is 4.39 Å². The number of ether oxygens (including phenoxy) is 1. The van der Waals surface area contributed by atoms with Crippen molar-refractivity contribution in [2.45, 2.75) is 12.5 Å². The first-order chi connectivity index (χ1) is 13.5. The maximum absolute atomic E-state index is 14.6. The number of ketones is 1. The number of Topliss-reactive ketones (excluding diaryl/α,β-unsaturated/α-hetero) is 1. The van der Waals surface area contributed by atoms with Gasteiger partial charge in [0, 0.05) is 36.4 Å². The van der Waals surface area contributed by atoms with Gasteiger partial charge >= 0.3 is 0 Å². The molecule has 2 aromatic rings. The molecule has 1 aliphatic heterocycles. The Bertz CT molecular complexity index is 926. The smallest absolute Gasteiger partial charge is 0.295 e. The van der Waals surface area contributed by atoms with E-state index in [0.29, 0.717) is 23.6 Å². The Morgan fingerprint density at radius 2 is 1.86 bits per heavy atom. The molecule has 1 heterocycles. The minimum atomic E-state index is -1.02. The molecule has 0 radical (unpaired) electrons. The summed E-state index contributed by atoms with van der Waals surface area (Å²) in [5.41, 5.74) is 0.324. The Morgan fingerprint density at radius 3 is 2.50 bits per heavy atom. The molecule has 1 unspecified atom stereocenters. The first-order valence-electron chi connectivity index (χ1n) is 8.73. The lowest BCUT2D eigenvalue weighted by molar-refractivity contribution is -0.140. The van der Waals surface area contributed by atoms with Gasteiger partial charge in [0.25, 0.3) is 11.7 Å². The fourth-order valence-corrected chi connectivity index (χ4v) is 3.40. The van der Waals surface area contributed by atoms with Crippen molar-refractivity contribution in [2.75, 3.05) is 20.3 Å². The van der Waals surface area contributed by atoms with Crippen molar-refractivity contribution in [1.82, 2.24) is 4.90 Å². The van der Waals surface area contributed by atoms with Crippen LogP contribution in [0.3, 0.4) is 0 Å². The van der Waals surface area contributed by atoms with Crippen molar-refractivity contribution in [1.29, 1.82) is 0 Å². The van der Waals surface area contributed by atoms with E-state index in [0.717, 1.165) is 0 Å². The number of hydrogen-bond donors (Lipinski definition) is 1. The number of hydrogen-bond acceptors (Lipinski definition) is 4. The van der Waals surface area contributed by atoms with Gasteiger partial charge in [-0.3, -0.25) is 9.59 Å². The molecule has 0 aliphatic carbocycles. The van der Waals surface area contributed by atoms with E-state index in [1.165, 1.54) is 42.3 Å². The topological polar surface area (TPSA) is 66.8 Å². The fourth-order valence-electron chi connectivity index (χ4n) is 3.27. The summed E-state index contributed by atoms with van der Waals surface area (Å²) in [6, 6.07) is 11.1. The van der Waals surface area contributed by atoms with Gasteiger partial charge in [-0.2, -0.15) is 0 Å². The molecular formula is C21H19ClFNO4. The van der Waals surface area contributed by atoms with Crippen molar-refractivity contribution in [3.05, 3.63) is 76.1 Å². The Labute approximate surface area is 167 Å². The molecular weight excluding hydrogens is 385 g/mol. The summed E-state index contributed by atoms with van der Waals surface area (Å²) in [6.45, 7) is 0.568. The van der Waals surface area contributed by atoms with Crippen LogP contribution >= 0.6 is 11.6 Å². The fraction of sp³-hybridized carbons (Fsp3) is 0.238. The van der Waals surface area contributed by atoms with E-state index >= 15 is 0 Å². The molecule has 1 aliphatic rings. The molecule has 0 spiro atoms. The molecule has 1 atom stereocenters. The zero-order valence-electron chi connectivity index (χ0n) is 15.2. The van der Waals surface area contributed by atoms with Gasteiger partial charge in [-0.1, -0.05) is 29.8 Å². The maximum atomic E-state index is 14.6. The van der Waals surface area contributed by atoms with Gasteiger partial charge < -0.3 is 14.7 Å². The van der Waals surface area contributed by atoms with Crippen molar-refractivity contribution in [2.24, 2.45) is 0 Å². The summed E-state index contributed by atoms with van der Waals surface area (Å²) >= 11 is 5.88. The summed E-state index contributed by atoms with van der Waals surface area (Å²) in [5, 5.41) is 11.3. The van der Waals surface area contributed by atoms with Crippen LogP contribution in [0.4, 0.5) is 4.39 Å². The van der Waals surface area contributed by atoms with E-state index in [1.54, 1.807) is 18.2 Å². The van der Waals surface area contributed by atoms with Crippen molar-refractivity contribution >= 4 is 29.1 Å². The molecule has 1 saturated heterocycles. The third-order valence-electron chi connectivity index (χ3n) is 4.60. The van der Waals surface area contributed by atoms with Crippen LogP contribution < -0.4 is 0 Å². The Balaban J connectivity index is 2.14. The van der Waals surface area contributed by atoms with Crippen LogP contribution in [0.25, 0.3) is 5.76 Å². The van der Waals surface area contributed by atoms with Crippen LogP contribution in [-0.4, -0.2) is 42.0 Å². The molecule has 7 heteroatoms. The van der Waals surface area contributed by atoms with Gasteiger partial charge in [0.1, 0.15) is 11.6 Å². The Kier molecular flexibility index (Phi) is 6.11. The molecule has 2 aromatic carbocycles. The first kappa shape index (κ1) is 20.0. The number of aliphatic hydroxyl groups excluding tert-OH is 1. The molecule has 0 bridgehead atoms. The molecule has 0 saturated carbocycles. The van der Waals surface area contributed by atoms with E-state index in [2.05, 4.69) is 0 Å². The number of methoxy groups -OCH3 is 1. The predicted octanol–water partition coefficient (Wildman–Crippen LogP) is 3.94. The highest BCUT2D eigenvalue weighted by Crippen LogP contribution is 2.40. The van der Waals surface area contributed by atoms with E-state index in [1.807, 2.05) is 0 Å². The van der Waals surface area contributed by atoms with Crippen LogP contribution in [0, 0.1) is 5.82 Å². The van der Waals surface area contributed by atoms with E-state index in [9.17, 15) is 19.1 Å². The monoisotopic (exact) mass is 403 g/mol. The number of likely N-dealkylation sites (tertiary alicyclic amines) is 1. The maximum Gasteiger partial charge on any atom is 0.295 e. The lowest BCUT2D eigenvalue weighted by atomic mass is 9.95. The number of amides is 1. The zero-order chi connectivity index (χ0) is 20.3. The molecule has 0 aromatic heterocycles. The highest BCUT2D eigenvalue weighted by atomic mass is 35.5. The second kappa shape index (κ2) is 8.54. The number of carbonyl (C=O) groups excluding carboxylic acids is 2. The van der Waals surface area contributed by atoms with Crippen molar-refractivity contribution in [3.8, 4) is 0 Å². The number of aliphatic hydroxyl groups is 1. The first-order valence-corrected chi connectivity index (χ1v) is 9.11. The molecule has 28 heavy (non-hydrogen) atoms.